The summed E-state index contributed by atoms with van der Waals surface area (Å²) in [5.74, 6) is 1.92. The van der Waals surface area contributed by atoms with E-state index in [1.165, 1.54) is 0 Å². The van der Waals surface area contributed by atoms with Gasteiger partial charge in [0.15, 0.2) is 5.96 Å². The van der Waals surface area contributed by atoms with Crippen molar-refractivity contribution in [2.45, 2.75) is 26.8 Å². The average molecular weight is 548 g/mol. The fourth-order valence-electron chi connectivity index (χ4n) is 3.46. The Kier molecular flexibility index (Phi) is 14.8. The quantitative estimate of drug-likeness (QED) is 0.179. The van der Waals surface area contributed by atoms with Crippen molar-refractivity contribution >= 4 is 35.8 Å². The molecule has 0 atom stereocenters. The Morgan fingerprint density at radius 2 is 1.94 bits per heavy atom. The molecule has 0 radical (unpaired) electrons. The fraction of sp³-hybridized carbons (Fsp3) is 0.727. The third-order valence-electron chi connectivity index (χ3n) is 5.39. The van der Waals surface area contributed by atoms with Gasteiger partial charge in [-0.1, -0.05) is 13.0 Å². The van der Waals surface area contributed by atoms with Crippen LogP contribution in [0.25, 0.3) is 0 Å². The number of nitrogens with one attached hydrogen (secondary N) is 2. The number of halogens is 1. The topological polar surface area (TPSA) is 68.3 Å². The van der Waals surface area contributed by atoms with E-state index in [1.807, 2.05) is 6.20 Å². The highest BCUT2D eigenvalue weighted by Gasteiger charge is 2.16. The van der Waals surface area contributed by atoms with Gasteiger partial charge in [0.1, 0.15) is 5.82 Å². The van der Waals surface area contributed by atoms with E-state index in [0.29, 0.717) is 6.54 Å². The molecule has 1 aliphatic rings. The molecule has 178 valence electrons. The Hall–Kier alpha value is -1.17. The maximum atomic E-state index is 5.11. The molecule has 9 heteroatoms. The van der Waals surface area contributed by atoms with Gasteiger partial charge in [-0.15, -0.1) is 24.0 Å². The third-order valence-corrected chi connectivity index (χ3v) is 5.39. The average Bonchev–Trinajstić information content (AvgIpc) is 2.78. The lowest BCUT2D eigenvalue weighted by Gasteiger charge is -2.34. The molecule has 0 saturated carbocycles. The number of anilines is 1. The number of methoxy groups -OCH3 is 1. The van der Waals surface area contributed by atoms with Crippen LogP contribution in [0.3, 0.4) is 0 Å². The van der Waals surface area contributed by atoms with E-state index in [4.69, 9.17) is 9.73 Å². The molecule has 1 aliphatic heterocycles. The van der Waals surface area contributed by atoms with Crippen LogP contribution in [0.5, 0.6) is 0 Å². The predicted molar refractivity (Wildman–Crippen MR) is 141 cm³/mol. The zero-order valence-electron chi connectivity index (χ0n) is 19.8. The standard InChI is InChI=1S/C22H41N7O.HI/c1-5-23-22(24-10-12-27(3)11-7-17-30-4)26-19-20-8-9-21(25-18-20)29-15-13-28(6-2)14-16-29;/h8-9,18H,5-7,10-17,19H2,1-4H3,(H2,23,24,26);1H. The number of hydrogen-bond donors (Lipinski definition) is 2. The van der Waals surface area contributed by atoms with Crippen LogP contribution >= 0.6 is 24.0 Å². The van der Waals surface area contributed by atoms with E-state index in [9.17, 15) is 0 Å². The largest absolute Gasteiger partial charge is 0.385 e. The number of aromatic nitrogens is 1. The minimum atomic E-state index is 0. The SMILES string of the molecule is CCNC(=NCc1ccc(N2CCN(CC)CC2)nc1)NCCN(C)CCCOC.I. The van der Waals surface area contributed by atoms with Gasteiger partial charge in [-0.25, -0.2) is 9.98 Å². The highest BCUT2D eigenvalue weighted by Crippen LogP contribution is 2.14. The van der Waals surface area contributed by atoms with E-state index in [-0.39, 0.29) is 24.0 Å². The Bertz CT molecular complexity index is 606. The summed E-state index contributed by atoms with van der Waals surface area (Å²) in [5.41, 5.74) is 1.12. The predicted octanol–water partition coefficient (Wildman–Crippen LogP) is 1.86. The molecule has 1 aromatic rings. The molecule has 2 N–H and O–H groups in total. The fourth-order valence-corrected chi connectivity index (χ4v) is 3.46. The molecule has 2 rings (SSSR count). The van der Waals surface area contributed by atoms with E-state index < -0.39 is 0 Å². The van der Waals surface area contributed by atoms with Crippen LogP contribution in [0.4, 0.5) is 5.82 Å². The first-order valence-corrected chi connectivity index (χ1v) is 11.3. The summed E-state index contributed by atoms with van der Waals surface area (Å²) in [6, 6.07) is 4.27. The third kappa shape index (κ3) is 10.8. The molecule has 0 aliphatic carbocycles. The molecule has 0 unspecified atom stereocenters. The lowest BCUT2D eigenvalue weighted by atomic mass is 10.2. The van der Waals surface area contributed by atoms with Gasteiger partial charge in [0, 0.05) is 72.3 Å². The Morgan fingerprint density at radius 1 is 1.16 bits per heavy atom. The second kappa shape index (κ2) is 16.5. The van der Waals surface area contributed by atoms with Gasteiger partial charge in [-0.2, -0.15) is 0 Å². The molecule has 1 aromatic heterocycles. The number of hydrogen-bond acceptors (Lipinski definition) is 6. The molecule has 0 spiro atoms. The van der Waals surface area contributed by atoms with Gasteiger partial charge < -0.3 is 30.1 Å². The van der Waals surface area contributed by atoms with Crippen molar-refractivity contribution < 1.29 is 4.74 Å². The number of pyridine rings is 1. The van der Waals surface area contributed by atoms with E-state index in [0.717, 1.165) is 89.3 Å². The van der Waals surface area contributed by atoms with E-state index in [2.05, 4.69) is 63.3 Å². The van der Waals surface area contributed by atoms with Crippen LogP contribution in [0.1, 0.15) is 25.8 Å². The van der Waals surface area contributed by atoms with Crippen LogP contribution in [0.2, 0.25) is 0 Å². The monoisotopic (exact) mass is 547 g/mol. The molecular formula is C22H42IN7O. The van der Waals surface area contributed by atoms with Crippen molar-refractivity contribution in [2.75, 3.05) is 84.6 Å². The first kappa shape index (κ1) is 27.9. The summed E-state index contributed by atoms with van der Waals surface area (Å²) in [6.07, 6.45) is 3.01. The van der Waals surface area contributed by atoms with Gasteiger partial charge >= 0.3 is 0 Å². The summed E-state index contributed by atoms with van der Waals surface area (Å²) in [5, 5.41) is 6.74. The highest BCUT2D eigenvalue weighted by atomic mass is 127. The molecule has 1 saturated heterocycles. The van der Waals surface area contributed by atoms with E-state index >= 15 is 0 Å². The van der Waals surface area contributed by atoms with Gasteiger partial charge in [0.2, 0.25) is 0 Å². The number of ether oxygens (including phenoxy) is 1. The van der Waals surface area contributed by atoms with Crippen LogP contribution in [-0.2, 0) is 11.3 Å². The summed E-state index contributed by atoms with van der Waals surface area (Å²) in [7, 11) is 3.88. The van der Waals surface area contributed by atoms with Crippen molar-refractivity contribution in [1.82, 2.24) is 25.4 Å². The maximum Gasteiger partial charge on any atom is 0.191 e. The zero-order chi connectivity index (χ0) is 21.6. The number of nitrogens with zero attached hydrogens (tertiary/aromatic N) is 5. The molecule has 8 nitrogen and oxygen atoms in total. The molecule has 0 amide bonds. The number of guanidine groups is 1. The van der Waals surface area contributed by atoms with Crippen LogP contribution in [-0.4, -0.2) is 100 Å². The summed E-state index contributed by atoms with van der Waals surface area (Å²) in [4.78, 5) is 16.5. The molecule has 31 heavy (non-hydrogen) atoms. The second-order valence-corrected chi connectivity index (χ2v) is 7.72. The first-order valence-electron chi connectivity index (χ1n) is 11.3. The van der Waals surface area contributed by atoms with Crippen molar-refractivity contribution in [3.8, 4) is 0 Å². The van der Waals surface area contributed by atoms with Crippen molar-refractivity contribution in [3.63, 3.8) is 0 Å². The van der Waals surface area contributed by atoms with Gasteiger partial charge in [-0.05, 0) is 38.6 Å². The smallest absolute Gasteiger partial charge is 0.191 e. The van der Waals surface area contributed by atoms with Crippen LogP contribution < -0.4 is 15.5 Å². The summed E-state index contributed by atoms with van der Waals surface area (Å²) >= 11 is 0. The Morgan fingerprint density at radius 3 is 2.55 bits per heavy atom. The van der Waals surface area contributed by atoms with Gasteiger partial charge in [-0.3, -0.25) is 0 Å². The van der Waals surface area contributed by atoms with Crippen molar-refractivity contribution in [1.29, 1.82) is 0 Å². The summed E-state index contributed by atoms with van der Waals surface area (Å²) < 4.78 is 5.11. The van der Waals surface area contributed by atoms with Gasteiger partial charge in [0.25, 0.3) is 0 Å². The summed E-state index contributed by atoms with van der Waals surface area (Å²) in [6.45, 7) is 14.9. The van der Waals surface area contributed by atoms with E-state index in [1.54, 1.807) is 7.11 Å². The Balaban J connectivity index is 0.00000480. The Labute approximate surface area is 205 Å². The second-order valence-electron chi connectivity index (χ2n) is 7.72. The number of aliphatic imine (C=N–C) groups is 1. The molecular weight excluding hydrogens is 505 g/mol. The lowest BCUT2D eigenvalue weighted by Crippen LogP contribution is -2.46. The zero-order valence-corrected chi connectivity index (χ0v) is 22.1. The molecule has 1 fully saturated rings. The lowest BCUT2D eigenvalue weighted by molar-refractivity contribution is 0.180. The van der Waals surface area contributed by atoms with Crippen LogP contribution in [0, 0.1) is 0 Å². The number of piperazine rings is 1. The molecule has 0 aromatic carbocycles. The molecule has 0 bridgehead atoms. The highest BCUT2D eigenvalue weighted by molar-refractivity contribution is 14.0. The normalized spacial score (nSPS) is 15.1. The van der Waals surface area contributed by atoms with Crippen molar-refractivity contribution in [2.24, 2.45) is 4.99 Å². The van der Waals surface area contributed by atoms with Crippen LogP contribution in [0.15, 0.2) is 23.3 Å². The maximum absolute atomic E-state index is 5.11. The number of rotatable bonds is 12. The molecule has 2 heterocycles. The van der Waals surface area contributed by atoms with Gasteiger partial charge in [0.05, 0.1) is 6.54 Å². The van der Waals surface area contributed by atoms with Crippen molar-refractivity contribution in [3.05, 3.63) is 23.9 Å². The minimum Gasteiger partial charge on any atom is -0.385 e. The number of likely N-dealkylation sites (N-methyl/N-ethyl adjacent to an activating group) is 2. The first-order chi connectivity index (χ1) is 14.7. The minimum absolute atomic E-state index is 0.